The summed E-state index contributed by atoms with van der Waals surface area (Å²) >= 11 is 0. The van der Waals surface area contributed by atoms with E-state index in [2.05, 4.69) is 111 Å². The molecule has 0 aromatic heterocycles. The Morgan fingerprint density at radius 1 is 0.525 bits per heavy atom. The molecule has 10 nitrogen and oxygen atoms in total. The zero-order chi connectivity index (χ0) is 43.0. The van der Waals surface area contributed by atoms with Crippen molar-refractivity contribution in [2.75, 3.05) is 19.8 Å². The molecule has 2 unspecified atom stereocenters. The summed E-state index contributed by atoms with van der Waals surface area (Å²) in [6.07, 6.45) is 44.1. The van der Waals surface area contributed by atoms with Gasteiger partial charge in [-0.25, -0.2) is 0 Å². The van der Waals surface area contributed by atoms with Crippen molar-refractivity contribution >= 4 is 11.9 Å². The van der Waals surface area contributed by atoms with E-state index < -0.39 is 55.4 Å². The molecule has 0 saturated carbocycles. The lowest BCUT2D eigenvalue weighted by Gasteiger charge is -2.39. The van der Waals surface area contributed by atoms with Gasteiger partial charge in [0, 0.05) is 12.8 Å². The number of esters is 2. The van der Waals surface area contributed by atoms with Gasteiger partial charge >= 0.3 is 11.9 Å². The van der Waals surface area contributed by atoms with Crippen molar-refractivity contribution in [2.45, 2.75) is 179 Å². The second kappa shape index (κ2) is 38.8. The average Bonchev–Trinajstić information content (AvgIpc) is 3.23. The number of unbranched alkanes of at least 4 members (excludes halogenated alkanes) is 8. The summed E-state index contributed by atoms with van der Waals surface area (Å²) in [7, 11) is 0. The molecule has 59 heavy (non-hydrogen) atoms. The lowest BCUT2D eigenvalue weighted by atomic mass is 9.99. The number of hydrogen-bond donors (Lipinski definition) is 4. The Balaban J connectivity index is 2.38. The molecule has 0 aliphatic carbocycles. The molecule has 1 aliphatic heterocycles. The highest BCUT2D eigenvalue weighted by molar-refractivity contribution is 5.70. The zero-order valence-corrected chi connectivity index (χ0v) is 36.2. The fourth-order valence-electron chi connectivity index (χ4n) is 5.99. The molecule has 334 valence electrons. The van der Waals surface area contributed by atoms with Gasteiger partial charge in [0.1, 0.15) is 31.0 Å². The van der Waals surface area contributed by atoms with Crippen molar-refractivity contribution in [3.05, 3.63) is 97.2 Å². The van der Waals surface area contributed by atoms with Crippen LogP contribution in [0, 0.1) is 0 Å². The Morgan fingerprint density at radius 3 is 1.44 bits per heavy atom. The maximum Gasteiger partial charge on any atom is 0.306 e. The Labute approximate surface area is 356 Å². The topological polar surface area (TPSA) is 152 Å². The van der Waals surface area contributed by atoms with E-state index in [0.717, 1.165) is 103 Å². The Kier molecular flexibility index (Phi) is 35.3. The number of carbonyl (C=O) groups excluding carboxylic acids is 2. The van der Waals surface area contributed by atoms with E-state index >= 15 is 0 Å². The van der Waals surface area contributed by atoms with Crippen molar-refractivity contribution in [1.82, 2.24) is 0 Å². The molecule has 10 heteroatoms. The van der Waals surface area contributed by atoms with E-state index in [1.807, 2.05) is 0 Å². The van der Waals surface area contributed by atoms with Gasteiger partial charge in [0.05, 0.1) is 13.2 Å². The summed E-state index contributed by atoms with van der Waals surface area (Å²) in [5.41, 5.74) is 0. The van der Waals surface area contributed by atoms with Gasteiger partial charge in [0.15, 0.2) is 12.4 Å². The van der Waals surface area contributed by atoms with Crippen LogP contribution in [0.3, 0.4) is 0 Å². The number of hydrogen-bond acceptors (Lipinski definition) is 10. The first-order valence-electron chi connectivity index (χ1n) is 22.3. The highest BCUT2D eigenvalue weighted by Gasteiger charge is 2.44. The summed E-state index contributed by atoms with van der Waals surface area (Å²) in [6, 6.07) is 0. The molecule has 1 rings (SSSR count). The summed E-state index contributed by atoms with van der Waals surface area (Å²) in [5, 5.41) is 40.1. The predicted molar refractivity (Wildman–Crippen MR) is 237 cm³/mol. The van der Waals surface area contributed by atoms with E-state index in [-0.39, 0.29) is 26.1 Å². The minimum absolute atomic E-state index is 0.196. The van der Waals surface area contributed by atoms with Gasteiger partial charge in [-0.2, -0.15) is 0 Å². The highest BCUT2D eigenvalue weighted by atomic mass is 16.7. The fourth-order valence-corrected chi connectivity index (χ4v) is 5.99. The number of aliphatic hydroxyl groups excluding tert-OH is 4. The lowest BCUT2D eigenvalue weighted by Crippen LogP contribution is -2.59. The summed E-state index contributed by atoms with van der Waals surface area (Å²) in [5.74, 6) is -0.875. The number of aliphatic hydroxyl groups is 4. The first-order chi connectivity index (χ1) is 28.8. The number of allylic oxidation sites excluding steroid dienone is 16. The smallest absolute Gasteiger partial charge is 0.306 e. The highest BCUT2D eigenvalue weighted by Crippen LogP contribution is 2.22. The van der Waals surface area contributed by atoms with E-state index in [1.165, 1.54) is 0 Å². The second-order valence-electron chi connectivity index (χ2n) is 14.7. The van der Waals surface area contributed by atoms with Crippen LogP contribution < -0.4 is 0 Å². The predicted octanol–water partition coefficient (Wildman–Crippen LogP) is 9.55. The maximum absolute atomic E-state index is 12.8. The quantitative estimate of drug-likeness (QED) is 0.0276. The van der Waals surface area contributed by atoms with Crippen LogP contribution in [0.15, 0.2) is 97.2 Å². The number of carbonyl (C=O) groups is 2. The molecule has 6 atom stereocenters. The second-order valence-corrected chi connectivity index (χ2v) is 14.7. The van der Waals surface area contributed by atoms with Crippen molar-refractivity contribution in [3.8, 4) is 0 Å². The zero-order valence-electron chi connectivity index (χ0n) is 36.2. The molecule has 1 fully saturated rings. The first-order valence-corrected chi connectivity index (χ1v) is 22.3. The van der Waals surface area contributed by atoms with Gasteiger partial charge in [0.25, 0.3) is 0 Å². The SMILES string of the molecule is CC/C=C/C/C=C/C/C=C/C/C=C/C/C=C/CCCCCC(=O)OC[C@@H](CO[C@H]1O[C@@H](CO)[C@@H](O)C(O)C1O)OC(=O)CCCCCCC/C=C/C/C=C/C/C=C/CC. The van der Waals surface area contributed by atoms with Crippen LogP contribution in [0.1, 0.15) is 142 Å². The van der Waals surface area contributed by atoms with Crippen LogP contribution in [0.4, 0.5) is 0 Å². The Morgan fingerprint density at radius 2 is 0.949 bits per heavy atom. The Hall–Kier alpha value is -3.38. The lowest BCUT2D eigenvalue weighted by molar-refractivity contribution is -0.305. The van der Waals surface area contributed by atoms with Gasteiger partial charge in [-0.3, -0.25) is 9.59 Å². The van der Waals surface area contributed by atoms with Crippen LogP contribution in [-0.2, 0) is 28.5 Å². The standard InChI is InChI=1S/C49H78O10/c1-3-5-7-9-11-13-15-17-19-20-21-22-24-25-27-29-31-33-35-37-44(51)56-40-42(41-57-49-48(55)47(54)46(53)43(39-50)59-49)58-45(52)38-36-34-32-30-28-26-23-18-16-14-12-10-8-6-4-2/h5-8,11-14,17-19,21-23,25,27,42-43,46-50,53-55H,3-4,9-10,15-16,20,24,26,28-41H2,1-2H3/b7-5+,8-6+,13-11+,14-12+,19-17+,22-21+,23-18+,27-25+/t42-,43-,46+,47?,48?,49-/m0/s1. The molecule has 4 N–H and O–H groups in total. The van der Waals surface area contributed by atoms with Crippen LogP contribution in [0.5, 0.6) is 0 Å². The van der Waals surface area contributed by atoms with E-state index in [4.69, 9.17) is 18.9 Å². The molecular formula is C49H78O10. The third-order valence-corrected chi connectivity index (χ3v) is 9.46. The van der Waals surface area contributed by atoms with Crippen molar-refractivity contribution in [1.29, 1.82) is 0 Å². The van der Waals surface area contributed by atoms with E-state index in [1.54, 1.807) is 0 Å². The molecule has 0 bridgehead atoms. The molecule has 0 spiro atoms. The molecule has 0 amide bonds. The van der Waals surface area contributed by atoms with Crippen LogP contribution >= 0.6 is 0 Å². The van der Waals surface area contributed by atoms with Crippen LogP contribution in [0.25, 0.3) is 0 Å². The maximum atomic E-state index is 12.8. The molecule has 0 aromatic carbocycles. The van der Waals surface area contributed by atoms with Gasteiger partial charge in [-0.05, 0) is 89.9 Å². The third-order valence-electron chi connectivity index (χ3n) is 9.46. The summed E-state index contributed by atoms with van der Waals surface area (Å²) in [4.78, 5) is 25.3. The van der Waals surface area contributed by atoms with Gasteiger partial charge in [0.2, 0.25) is 0 Å². The number of ether oxygens (including phenoxy) is 4. The van der Waals surface area contributed by atoms with E-state index in [9.17, 15) is 30.0 Å². The van der Waals surface area contributed by atoms with Crippen molar-refractivity contribution in [3.63, 3.8) is 0 Å². The first kappa shape index (κ1) is 53.6. The fraction of sp³-hybridized carbons (Fsp3) is 0.633. The largest absolute Gasteiger partial charge is 0.462 e. The molecular weight excluding hydrogens is 749 g/mol. The number of rotatable bonds is 35. The Bertz CT molecular complexity index is 1280. The monoisotopic (exact) mass is 827 g/mol. The van der Waals surface area contributed by atoms with Crippen molar-refractivity contribution in [2.24, 2.45) is 0 Å². The van der Waals surface area contributed by atoms with Crippen molar-refractivity contribution < 1.29 is 49.0 Å². The minimum atomic E-state index is -1.61. The molecule has 0 radical (unpaired) electrons. The normalized spacial score (nSPS) is 20.9. The average molecular weight is 827 g/mol. The van der Waals surface area contributed by atoms with Crippen LogP contribution in [0.2, 0.25) is 0 Å². The summed E-state index contributed by atoms with van der Waals surface area (Å²) < 4.78 is 22.1. The minimum Gasteiger partial charge on any atom is -0.462 e. The van der Waals surface area contributed by atoms with Gasteiger partial charge < -0.3 is 39.4 Å². The molecule has 0 aromatic rings. The van der Waals surface area contributed by atoms with Crippen LogP contribution in [-0.4, -0.2) is 89.0 Å². The third kappa shape index (κ3) is 30.3. The molecule has 1 heterocycles. The molecule has 1 saturated heterocycles. The van der Waals surface area contributed by atoms with Gasteiger partial charge in [-0.15, -0.1) is 0 Å². The van der Waals surface area contributed by atoms with Gasteiger partial charge in [-0.1, -0.05) is 137 Å². The van der Waals surface area contributed by atoms with E-state index in [0.29, 0.717) is 12.8 Å². The molecule has 1 aliphatic rings. The summed E-state index contributed by atoms with van der Waals surface area (Å²) in [6.45, 7) is 3.12.